The first kappa shape index (κ1) is 30.2. The van der Waals surface area contributed by atoms with Crippen molar-refractivity contribution in [3.05, 3.63) is 0 Å². The third kappa shape index (κ3) is 12.3. The van der Waals surface area contributed by atoms with Gasteiger partial charge in [0.15, 0.2) is 0 Å². The van der Waals surface area contributed by atoms with Crippen LogP contribution in [0.3, 0.4) is 0 Å². The highest BCUT2D eigenvalue weighted by molar-refractivity contribution is 5.95. The van der Waals surface area contributed by atoms with Crippen LogP contribution >= 0.6 is 0 Å². The van der Waals surface area contributed by atoms with E-state index in [1.165, 1.54) is 0 Å². The van der Waals surface area contributed by atoms with Crippen molar-refractivity contribution in [3.63, 3.8) is 0 Å². The van der Waals surface area contributed by atoms with E-state index in [0.717, 1.165) is 0 Å². The number of aliphatic hydroxyl groups excluding tert-OH is 1. The van der Waals surface area contributed by atoms with Gasteiger partial charge in [0, 0.05) is 19.3 Å². The van der Waals surface area contributed by atoms with E-state index in [1.54, 1.807) is 0 Å². The van der Waals surface area contributed by atoms with Gasteiger partial charge < -0.3 is 49.7 Å². The summed E-state index contributed by atoms with van der Waals surface area (Å²) in [5.41, 5.74) is 25.9. The number of aliphatic hydroxyl groups is 1. The average molecular weight is 489 g/mol. The van der Waals surface area contributed by atoms with E-state index in [9.17, 15) is 38.7 Å². The summed E-state index contributed by atoms with van der Waals surface area (Å²) in [4.78, 5) is 81.7. The van der Waals surface area contributed by atoms with E-state index in [-0.39, 0.29) is 38.5 Å². The third-order valence-corrected chi connectivity index (χ3v) is 4.51. The number of carbonyl (C=O) groups excluding carboxylic acids is 7. The van der Waals surface area contributed by atoms with Crippen LogP contribution in [0.2, 0.25) is 0 Å². The Morgan fingerprint density at radius 2 is 0.971 bits per heavy atom. The predicted molar refractivity (Wildman–Crippen MR) is 115 cm³/mol. The molecule has 0 fully saturated rings. The number of hydrogen-bond acceptors (Lipinski definition) is 9. The Morgan fingerprint density at radius 3 is 1.41 bits per heavy atom. The number of nitrogens with one attached hydrogen (secondary N) is 3. The van der Waals surface area contributed by atoms with Crippen LogP contribution < -0.4 is 44.6 Å². The Labute approximate surface area is 194 Å². The van der Waals surface area contributed by atoms with Gasteiger partial charge in [0.05, 0.1) is 12.6 Å². The van der Waals surface area contributed by atoms with Crippen molar-refractivity contribution < 1.29 is 38.7 Å². The van der Waals surface area contributed by atoms with E-state index in [0.29, 0.717) is 0 Å². The van der Waals surface area contributed by atoms with E-state index in [4.69, 9.17) is 28.7 Å². The summed E-state index contributed by atoms with van der Waals surface area (Å²) in [6, 6.07) is -5.47. The molecule has 192 valence electrons. The second-order valence-corrected chi connectivity index (χ2v) is 7.39. The van der Waals surface area contributed by atoms with Crippen LogP contribution in [0.1, 0.15) is 38.5 Å². The lowest BCUT2D eigenvalue weighted by Gasteiger charge is -2.24. The number of primary amides is 4. The number of rotatable bonds is 17. The van der Waals surface area contributed by atoms with E-state index in [2.05, 4.69) is 16.0 Å². The number of amides is 7. The van der Waals surface area contributed by atoms with Crippen LogP contribution in [0.5, 0.6) is 0 Å². The lowest BCUT2D eigenvalue weighted by atomic mass is 10.1. The van der Waals surface area contributed by atoms with E-state index < -0.39 is 72.1 Å². The maximum atomic E-state index is 12.6. The fraction of sp³-hybridized carbons (Fsp3) is 0.611. The molecule has 0 aliphatic rings. The zero-order valence-electron chi connectivity index (χ0n) is 18.5. The van der Waals surface area contributed by atoms with Crippen LogP contribution in [0.4, 0.5) is 0 Å². The molecule has 7 amide bonds. The summed E-state index contributed by atoms with van der Waals surface area (Å²) in [7, 11) is 0. The number of nitrogens with two attached hydrogens (primary N) is 5. The summed E-state index contributed by atoms with van der Waals surface area (Å²) >= 11 is 0. The van der Waals surface area contributed by atoms with Gasteiger partial charge in [-0.1, -0.05) is 0 Å². The molecule has 0 heterocycles. The Kier molecular flexibility index (Phi) is 13.4. The first-order valence-corrected chi connectivity index (χ1v) is 10.2. The minimum Gasteiger partial charge on any atom is -0.394 e. The second-order valence-electron chi connectivity index (χ2n) is 7.39. The Balaban J connectivity index is 5.32. The van der Waals surface area contributed by atoms with Crippen LogP contribution in [-0.4, -0.2) is 77.2 Å². The summed E-state index contributed by atoms with van der Waals surface area (Å²) in [6.45, 7) is -0.882. The molecule has 0 spiro atoms. The lowest BCUT2D eigenvalue weighted by Crippen LogP contribution is -2.58. The van der Waals surface area contributed by atoms with Gasteiger partial charge in [0.25, 0.3) is 0 Å². The maximum Gasteiger partial charge on any atom is 0.245 e. The fourth-order valence-corrected chi connectivity index (χ4v) is 2.57. The van der Waals surface area contributed by atoms with Gasteiger partial charge in [-0.2, -0.15) is 0 Å². The minimum absolute atomic E-state index is 0.107. The molecule has 16 heteroatoms. The zero-order chi connectivity index (χ0) is 26.4. The molecule has 4 atom stereocenters. The molecule has 0 aliphatic carbocycles. The molecule has 0 radical (unpaired) electrons. The molecule has 34 heavy (non-hydrogen) atoms. The minimum atomic E-state index is -1.54. The predicted octanol–water partition coefficient (Wildman–Crippen LogP) is -5.96. The van der Waals surface area contributed by atoms with Gasteiger partial charge in [0.2, 0.25) is 41.4 Å². The molecule has 0 rings (SSSR count). The molecule has 4 unspecified atom stereocenters. The summed E-state index contributed by atoms with van der Waals surface area (Å²) in [5.74, 6) is -6.02. The van der Waals surface area contributed by atoms with Crippen LogP contribution in [0, 0.1) is 0 Å². The largest absolute Gasteiger partial charge is 0.394 e. The molecule has 14 N–H and O–H groups in total. The first-order valence-electron chi connectivity index (χ1n) is 10.2. The smallest absolute Gasteiger partial charge is 0.245 e. The molecule has 0 bridgehead atoms. The van der Waals surface area contributed by atoms with Gasteiger partial charge in [-0.3, -0.25) is 33.6 Å². The van der Waals surface area contributed by atoms with Gasteiger partial charge in [-0.05, 0) is 19.3 Å². The number of carbonyl (C=O) groups is 7. The highest BCUT2D eigenvalue weighted by atomic mass is 16.3. The Bertz CT molecular complexity index is 790. The van der Waals surface area contributed by atoms with Gasteiger partial charge in [-0.15, -0.1) is 0 Å². The second kappa shape index (κ2) is 15.1. The molecular formula is C18H32N8O8. The first-order chi connectivity index (χ1) is 15.8. The van der Waals surface area contributed by atoms with Crippen molar-refractivity contribution in [2.75, 3.05) is 6.61 Å². The highest BCUT2D eigenvalue weighted by Crippen LogP contribution is 2.03. The van der Waals surface area contributed by atoms with Gasteiger partial charge in [0.1, 0.15) is 18.1 Å². The summed E-state index contributed by atoms with van der Waals surface area (Å²) < 4.78 is 0. The number of hydrogen-bond donors (Lipinski definition) is 9. The monoisotopic (exact) mass is 488 g/mol. The van der Waals surface area contributed by atoms with Gasteiger partial charge in [-0.25, -0.2) is 0 Å². The van der Waals surface area contributed by atoms with Crippen LogP contribution in [0.15, 0.2) is 0 Å². The molecule has 16 nitrogen and oxygen atoms in total. The summed E-state index contributed by atoms with van der Waals surface area (Å²) in [5, 5.41) is 16.1. The molecule has 0 aromatic heterocycles. The van der Waals surface area contributed by atoms with Crippen LogP contribution in [-0.2, 0) is 33.6 Å². The standard InChI is InChI=1S/C18H32N8O8/c19-8(1-4-12(20)28)16(32)26-11(7-27)18(34)25-10(3-6-14(22)30)17(33)24-9(15(23)31)2-5-13(21)29/h8-11,27H,1-7,19H2,(H2,20,28)(H2,21,29)(H2,22,30)(H2,23,31)(H,24,33)(H,25,34)(H,26,32). The molecule has 0 saturated carbocycles. The quantitative estimate of drug-likeness (QED) is 0.0939. The SMILES string of the molecule is NC(=O)CCC(N)C(=O)NC(CO)C(=O)NC(CCC(N)=O)C(=O)NC(CCC(N)=O)C(N)=O. The molecule has 0 aliphatic heterocycles. The van der Waals surface area contributed by atoms with Crippen molar-refractivity contribution in [2.24, 2.45) is 28.7 Å². The maximum absolute atomic E-state index is 12.6. The fourth-order valence-electron chi connectivity index (χ4n) is 2.57. The Morgan fingerprint density at radius 1 is 0.588 bits per heavy atom. The van der Waals surface area contributed by atoms with Crippen molar-refractivity contribution in [1.29, 1.82) is 0 Å². The van der Waals surface area contributed by atoms with Crippen LogP contribution in [0.25, 0.3) is 0 Å². The van der Waals surface area contributed by atoms with Crippen molar-refractivity contribution >= 4 is 41.4 Å². The van der Waals surface area contributed by atoms with Crippen molar-refractivity contribution in [2.45, 2.75) is 62.7 Å². The average Bonchev–Trinajstić information content (AvgIpc) is 2.74. The molecule has 0 aromatic rings. The Hall–Kier alpha value is -3.79. The lowest BCUT2D eigenvalue weighted by molar-refractivity contribution is -0.134. The topological polar surface area (TPSA) is 306 Å². The molecule has 0 aromatic carbocycles. The van der Waals surface area contributed by atoms with E-state index >= 15 is 0 Å². The third-order valence-electron chi connectivity index (χ3n) is 4.51. The molecule has 0 saturated heterocycles. The van der Waals surface area contributed by atoms with Crippen molar-refractivity contribution in [3.8, 4) is 0 Å². The summed E-state index contributed by atoms with van der Waals surface area (Å²) in [6.07, 6.45) is -1.39. The normalized spacial score (nSPS) is 14.1. The van der Waals surface area contributed by atoms with E-state index in [1.807, 2.05) is 0 Å². The van der Waals surface area contributed by atoms with Gasteiger partial charge >= 0.3 is 0 Å². The van der Waals surface area contributed by atoms with Crippen molar-refractivity contribution in [1.82, 2.24) is 16.0 Å². The molecular weight excluding hydrogens is 456 g/mol. The highest BCUT2D eigenvalue weighted by Gasteiger charge is 2.30. The zero-order valence-corrected chi connectivity index (χ0v) is 18.5.